The summed E-state index contributed by atoms with van der Waals surface area (Å²) in [6.45, 7) is 0. The number of carbonyl (C=O) groups is 1. The fourth-order valence-electron chi connectivity index (χ4n) is 3.24. The van der Waals surface area contributed by atoms with Crippen LogP contribution >= 0.6 is 11.8 Å². The summed E-state index contributed by atoms with van der Waals surface area (Å²) in [4.78, 5) is 10.9. The predicted molar refractivity (Wildman–Crippen MR) is 104 cm³/mol. The molecule has 1 aliphatic rings. The monoisotopic (exact) mass is 403 g/mol. The number of hydrogen-bond donors (Lipinski definition) is 0. The lowest BCUT2D eigenvalue weighted by Crippen LogP contribution is -2.24. The number of ether oxygens (including phenoxy) is 2. The summed E-state index contributed by atoms with van der Waals surface area (Å²) < 4.78 is 12.2. The first-order chi connectivity index (χ1) is 13.6. The molecular formula is C19H23N4O4S-. The van der Waals surface area contributed by atoms with Crippen molar-refractivity contribution >= 4 is 23.9 Å². The van der Waals surface area contributed by atoms with Gasteiger partial charge in [-0.15, -0.1) is 10.2 Å². The highest BCUT2D eigenvalue weighted by Crippen LogP contribution is 2.33. The lowest BCUT2D eigenvalue weighted by Gasteiger charge is -2.20. The summed E-state index contributed by atoms with van der Waals surface area (Å²) in [7, 11) is 3.18. The minimum absolute atomic E-state index is 0.203. The summed E-state index contributed by atoms with van der Waals surface area (Å²) in [5.41, 5.74) is 0.787. The summed E-state index contributed by atoms with van der Waals surface area (Å²) in [6.07, 6.45) is 7.26. The molecule has 0 N–H and O–H groups in total. The van der Waals surface area contributed by atoms with Gasteiger partial charge in [-0.05, 0) is 25.0 Å². The largest absolute Gasteiger partial charge is 0.549 e. The van der Waals surface area contributed by atoms with Gasteiger partial charge in [0, 0.05) is 23.3 Å². The maximum absolute atomic E-state index is 10.9. The third-order valence-corrected chi connectivity index (χ3v) is 5.51. The van der Waals surface area contributed by atoms with Gasteiger partial charge in [-0.1, -0.05) is 31.0 Å². The molecular weight excluding hydrogens is 380 g/mol. The molecule has 0 atom stereocenters. The van der Waals surface area contributed by atoms with E-state index in [2.05, 4.69) is 15.3 Å². The normalized spacial score (nSPS) is 15.1. The Morgan fingerprint density at radius 2 is 1.89 bits per heavy atom. The zero-order valence-corrected chi connectivity index (χ0v) is 16.8. The molecule has 1 heterocycles. The van der Waals surface area contributed by atoms with E-state index in [0.717, 1.165) is 48.8 Å². The van der Waals surface area contributed by atoms with E-state index in [0.29, 0.717) is 16.7 Å². The number of aromatic nitrogens is 3. The van der Waals surface area contributed by atoms with E-state index >= 15 is 0 Å². The molecule has 3 rings (SSSR count). The summed E-state index contributed by atoms with van der Waals surface area (Å²) in [5, 5.41) is 24.3. The maximum Gasteiger partial charge on any atom is 0.212 e. The van der Waals surface area contributed by atoms with Gasteiger partial charge in [-0.2, -0.15) is 9.78 Å². The van der Waals surface area contributed by atoms with Crippen LogP contribution in [0.1, 0.15) is 49.4 Å². The topological polar surface area (TPSA) is 102 Å². The number of hydrogen-bond acceptors (Lipinski definition) is 8. The molecule has 1 saturated carbocycles. The first-order valence-electron chi connectivity index (χ1n) is 9.16. The summed E-state index contributed by atoms with van der Waals surface area (Å²) in [6, 6.07) is 5.46. The van der Waals surface area contributed by atoms with Crippen molar-refractivity contribution in [3.8, 4) is 11.5 Å². The van der Waals surface area contributed by atoms with Crippen LogP contribution in [0.15, 0.2) is 28.5 Å². The molecule has 1 aliphatic carbocycles. The van der Waals surface area contributed by atoms with Crippen LogP contribution in [0.25, 0.3) is 0 Å². The first-order valence-corrected chi connectivity index (χ1v) is 10.1. The highest BCUT2D eigenvalue weighted by molar-refractivity contribution is 7.99. The third-order valence-electron chi connectivity index (χ3n) is 4.62. The Bertz CT molecular complexity index is 824. The Hall–Kier alpha value is -2.55. The van der Waals surface area contributed by atoms with Gasteiger partial charge in [-0.25, -0.2) is 0 Å². The molecule has 0 aliphatic heterocycles. The van der Waals surface area contributed by atoms with Crippen LogP contribution in [-0.4, -0.2) is 47.0 Å². The minimum Gasteiger partial charge on any atom is -0.549 e. The highest BCUT2D eigenvalue weighted by atomic mass is 32.2. The zero-order valence-electron chi connectivity index (χ0n) is 16.0. The van der Waals surface area contributed by atoms with Crippen molar-refractivity contribution < 1.29 is 19.4 Å². The Balaban J connectivity index is 1.92. The van der Waals surface area contributed by atoms with Crippen LogP contribution in [0.2, 0.25) is 0 Å². The Labute approximate surface area is 167 Å². The number of rotatable bonds is 8. The van der Waals surface area contributed by atoms with Crippen LogP contribution in [0.5, 0.6) is 11.5 Å². The fraction of sp³-hybridized carbons (Fsp3) is 0.474. The molecule has 2 aromatic rings. The van der Waals surface area contributed by atoms with E-state index in [-0.39, 0.29) is 11.7 Å². The smallest absolute Gasteiger partial charge is 0.212 e. The fourth-order valence-corrected chi connectivity index (χ4v) is 3.85. The van der Waals surface area contributed by atoms with Gasteiger partial charge in [0.2, 0.25) is 5.16 Å². The average Bonchev–Trinajstić information content (AvgIpc) is 3.13. The van der Waals surface area contributed by atoms with Crippen LogP contribution in [-0.2, 0) is 4.79 Å². The van der Waals surface area contributed by atoms with Crippen LogP contribution in [0, 0.1) is 0 Å². The first kappa shape index (κ1) is 20.2. The quantitative estimate of drug-likeness (QED) is 0.491. The van der Waals surface area contributed by atoms with Crippen molar-refractivity contribution in [3.05, 3.63) is 29.6 Å². The van der Waals surface area contributed by atoms with E-state index < -0.39 is 5.97 Å². The molecule has 150 valence electrons. The minimum atomic E-state index is -1.15. The second-order valence-electron chi connectivity index (χ2n) is 6.54. The molecule has 1 aromatic carbocycles. The summed E-state index contributed by atoms with van der Waals surface area (Å²) >= 11 is 1.05. The lowest BCUT2D eigenvalue weighted by atomic mass is 9.89. The molecule has 28 heavy (non-hydrogen) atoms. The van der Waals surface area contributed by atoms with Crippen molar-refractivity contribution in [2.24, 2.45) is 5.10 Å². The van der Waals surface area contributed by atoms with Gasteiger partial charge < -0.3 is 19.4 Å². The Morgan fingerprint density at radius 3 is 2.50 bits per heavy atom. The van der Waals surface area contributed by atoms with Crippen LogP contribution in [0.3, 0.4) is 0 Å². The molecule has 0 unspecified atom stereocenters. The zero-order chi connectivity index (χ0) is 19.9. The molecule has 8 nitrogen and oxygen atoms in total. The van der Waals surface area contributed by atoms with E-state index in [1.165, 1.54) is 6.42 Å². The van der Waals surface area contributed by atoms with Gasteiger partial charge >= 0.3 is 0 Å². The van der Waals surface area contributed by atoms with Crippen molar-refractivity contribution in [3.63, 3.8) is 0 Å². The molecule has 1 aromatic heterocycles. The second kappa shape index (κ2) is 9.59. The SMILES string of the molecule is COc1cc(/C=N\n2c(SCC(=O)[O-])nnc2C2CCCCC2)cc(OC)c1. The van der Waals surface area contributed by atoms with Gasteiger partial charge in [0.15, 0.2) is 5.82 Å². The molecule has 0 saturated heterocycles. The standard InChI is InChI=1S/C19H24N4O4S/c1-26-15-8-13(9-16(10-15)27-2)11-20-23-18(14-6-4-3-5-7-14)21-22-19(23)28-12-17(24)25/h8-11,14H,3-7,12H2,1-2H3,(H,24,25)/p-1/b20-11-. The number of carboxylic acids is 1. The predicted octanol–water partition coefficient (Wildman–Crippen LogP) is 2.07. The molecule has 0 radical (unpaired) electrons. The van der Waals surface area contributed by atoms with E-state index in [9.17, 15) is 9.90 Å². The lowest BCUT2D eigenvalue weighted by molar-refractivity contribution is -0.301. The number of carbonyl (C=O) groups excluding carboxylic acids is 1. The number of benzene rings is 1. The van der Waals surface area contributed by atoms with Gasteiger partial charge in [0.05, 0.1) is 26.4 Å². The number of thioether (sulfide) groups is 1. The number of nitrogens with zero attached hydrogens (tertiary/aromatic N) is 4. The molecule has 1 fully saturated rings. The van der Waals surface area contributed by atoms with Gasteiger partial charge in [0.25, 0.3) is 0 Å². The van der Waals surface area contributed by atoms with E-state index in [4.69, 9.17) is 9.47 Å². The highest BCUT2D eigenvalue weighted by Gasteiger charge is 2.23. The van der Waals surface area contributed by atoms with Gasteiger partial charge in [0.1, 0.15) is 11.5 Å². The maximum atomic E-state index is 10.9. The average molecular weight is 403 g/mol. The number of aliphatic carboxylic acids is 1. The van der Waals surface area contributed by atoms with Crippen molar-refractivity contribution in [2.45, 2.75) is 43.2 Å². The summed E-state index contributed by atoms with van der Waals surface area (Å²) in [5.74, 6) is 1.00. The van der Waals surface area contributed by atoms with Gasteiger partial charge in [-0.3, -0.25) is 0 Å². The third kappa shape index (κ3) is 5.03. The van der Waals surface area contributed by atoms with E-state index in [1.54, 1.807) is 31.2 Å². The number of carboxylic acid groups (broad SMARTS) is 1. The molecule has 0 spiro atoms. The number of methoxy groups -OCH3 is 2. The van der Waals surface area contributed by atoms with Crippen molar-refractivity contribution in [1.29, 1.82) is 0 Å². The second-order valence-corrected chi connectivity index (χ2v) is 7.48. The van der Waals surface area contributed by atoms with Crippen LogP contribution in [0.4, 0.5) is 0 Å². The Kier molecular flexibility index (Phi) is 6.91. The molecule has 9 heteroatoms. The van der Waals surface area contributed by atoms with Crippen LogP contribution < -0.4 is 14.6 Å². The Morgan fingerprint density at radius 1 is 1.21 bits per heavy atom. The van der Waals surface area contributed by atoms with E-state index in [1.807, 2.05) is 12.1 Å². The van der Waals surface area contributed by atoms with Crippen molar-refractivity contribution in [1.82, 2.24) is 14.9 Å². The van der Waals surface area contributed by atoms with Crippen molar-refractivity contribution in [2.75, 3.05) is 20.0 Å². The molecule has 0 amide bonds. The molecule has 0 bridgehead atoms.